The van der Waals surface area contributed by atoms with Crippen molar-refractivity contribution in [2.24, 2.45) is 5.73 Å². The summed E-state index contributed by atoms with van der Waals surface area (Å²) in [5, 5.41) is 2.71. The third-order valence-electron chi connectivity index (χ3n) is 3.05. The molecule has 2 fully saturated rings. The average molecular weight is 385 g/mol. The number of thioether (sulfide) groups is 1. The lowest BCUT2D eigenvalue weighted by Gasteiger charge is -2.42. The monoisotopic (exact) mass is 385 g/mol. The van der Waals surface area contributed by atoms with Crippen LogP contribution in [0.1, 0.15) is 13.8 Å². The van der Waals surface area contributed by atoms with E-state index in [4.69, 9.17) is 10.5 Å². The summed E-state index contributed by atoms with van der Waals surface area (Å²) >= 11 is 3.74. The van der Waals surface area contributed by atoms with Crippen LogP contribution in [0.4, 0.5) is 4.79 Å². The molecule has 8 heteroatoms. The molecule has 0 aromatic rings. The maximum absolute atomic E-state index is 11.7. The highest BCUT2D eigenvalue weighted by Gasteiger charge is 2.60. The molecule has 2 rings (SSSR count). The van der Waals surface area contributed by atoms with Crippen LogP contribution in [0.3, 0.4) is 0 Å². The van der Waals surface area contributed by atoms with Gasteiger partial charge in [-0.1, -0.05) is 22.6 Å². The molecule has 18 heavy (non-hydrogen) atoms. The molecule has 0 aromatic heterocycles. The Balaban J connectivity index is 2.02. The van der Waals surface area contributed by atoms with Crippen LogP contribution in [-0.4, -0.2) is 50.3 Å². The van der Waals surface area contributed by atoms with Crippen molar-refractivity contribution < 1.29 is 14.3 Å². The van der Waals surface area contributed by atoms with Gasteiger partial charge in [-0.3, -0.25) is 10.1 Å². The number of hydrogen-bond donors (Lipinski definition) is 2. The minimum absolute atomic E-state index is 0.0395. The van der Waals surface area contributed by atoms with Crippen LogP contribution in [0.2, 0.25) is 0 Å². The number of halogens is 1. The summed E-state index contributed by atoms with van der Waals surface area (Å²) in [5.41, 5.74) is 5.74. The third-order valence-corrected chi connectivity index (χ3v) is 5.08. The maximum atomic E-state index is 11.7. The van der Waals surface area contributed by atoms with Gasteiger partial charge < -0.3 is 15.4 Å². The summed E-state index contributed by atoms with van der Waals surface area (Å²) in [7, 11) is 0. The lowest BCUT2D eigenvalue weighted by molar-refractivity contribution is -0.147. The molecule has 0 saturated carbocycles. The predicted octanol–water partition coefficient (Wildman–Crippen LogP) is 0.495. The van der Waals surface area contributed by atoms with E-state index in [2.05, 4.69) is 27.9 Å². The Morgan fingerprint density at radius 1 is 1.67 bits per heavy atom. The maximum Gasteiger partial charge on any atom is 0.408 e. The Morgan fingerprint density at radius 2 is 2.33 bits per heavy atom. The fraction of sp³-hybridized carbons (Fsp3) is 0.800. The fourth-order valence-corrected chi connectivity index (χ4v) is 3.90. The van der Waals surface area contributed by atoms with Crippen molar-refractivity contribution in [2.75, 3.05) is 11.0 Å². The summed E-state index contributed by atoms with van der Waals surface area (Å²) in [6.07, 6.45) is -0.847. The van der Waals surface area contributed by atoms with E-state index in [1.54, 1.807) is 16.7 Å². The highest BCUT2D eigenvalue weighted by atomic mass is 127. The average Bonchev–Trinajstić information content (AvgIpc) is 2.56. The molecule has 0 aliphatic carbocycles. The first-order valence-corrected chi connectivity index (χ1v) is 8.04. The fourth-order valence-electron chi connectivity index (χ4n) is 2.15. The first kappa shape index (κ1) is 14.2. The molecule has 2 amide bonds. The predicted molar refractivity (Wildman–Crippen MR) is 77.4 cm³/mol. The summed E-state index contributed by atoms with van der Waals surface area (Å²) in [4.78, 5) is 25.0. The molecular weight excluding hydrogens is 369 g/mol. The van der Waals surface area contributed by atoms with Gasteiger partial charge >= 0.3 is 6.09 Å². The van der Waals surface area contributed by atoms with Gasteiger partial charge in [0.2, 0.25) is 5.91 Å². The zero-order chi connectivity index (χ0) is 13.5. The van der Waals surface area contributed by atoms with Gasteiger partial charge in [-0.2, -0.15) is 0 Å². The van der Waals surface area contributed by atoms with Crippen LogP contribution in [0.5, 0.6) is 0 Å². The normalized spacial score (nSPS) is 32.8. The Hall–Kier alpha value is -0.220. The molecule has 2 saturated heterocycles. The quantitative estimate of drug-likeness (QED) is 0.420. The van der Waals surface area contributed by atoms with Crippen LogP contribution in [0, 0.1) is 0 Å². The third kappa shape index (κ3) is 2.29. The van der Waals surface area contributed by atoms with Crippen molar-refractivity contribution in [3.8, 4) is 0 Å². The molecule has 3 N–H and O–H groups in total. The topological polar surface area (TPSA) is 84.7 Å². The number of hydrogen-bond acceptors (Lipinski definition) is 5. The second kappa shape index (κ2) is 5.04. The molecule has 2 heterocycles. The van der Waals surface area contributed by atoms with Crippen molar-refractivity contribution in [2.45, 2.75) is 36.2 Å². The number of ether oxygens (including phenoxy) is 1. The molecule has 2 aliphatic rings. The van der Waals surface area contributed by atoms with E-state index in [1.165, 1.54) is 0 Å². The molecule has 0 radical (unpaired) electrons. The van der Waals surface area contributed by atoms with Crippen molar-refractivity contribution in [3.05, 3.63) is 0 Å². The van der Waals surface area contributed by atoms with Gasteiger partial charge in [-0.15, -0.1) is 11.8 Å². The van der Waals surface area contributed by atoms with Crippen molar-refractivity contribution in [1.29, 1.82) is 0 Å². The highest BCUT2D eigenvalue weighted by Crippen LogP contribution is 2.49. The zero-order valence-electron chi connectivity index (χ0n) is 10.2. The molecule has 3 atom stereocenters. The second-order valence-electron chi connectivity index (χ2n) is 4.75. The summed E-state index contributed by atoms with van der Waals surface area (Å²) < 4.78 is 5.45. The minimum atomic E-state index is -0.487. The van der Waals surface area contributed by atoms with Crippen LogP contribution >= 0.6 is 34.4 Å². The lowest BCUT2D eigenvalue weighted by atomic mass is 10.0. The zero-order valence-corrected chi connectivity index (χ0v) is 13.2. The van der Waals surface area contributed by atoms with Gasteiger partial charge in [0.15, 0.2) is 0 Å². The number of nitrogens with two attached hydrogens (primary N) is 1. The van der Waals surface area contributed by atoms with E-state index < -0.39 is 12.1 Å². The lowest BCUT2D eigenvalue weighted by Crippen LogP contribution is -2.70. The van der Waals surface area contributed by atoms with Crippen LogP contribution in [0.15, 0.2) is 0 Å². The number of alkyl carbamates (subject to hydrolysis) is 1. The van der Waals surface area contributed by atoms with Gasteiger partial charge in [0, 0.05) is 4.43 Å². The smallest absolute Gasteiger partial charge is 0.408 e. The van der Waals surface area contributed by atoms with Gasteiger partial charge in [0.1, 0.15) is 24.2 Å². The molecule has 0 spiro atoms. The number of carbonyl (C=O) groups excluding carboxylic acids is 2. The Morgan fingerprint density at radius 3 is 2.94 bits per heavy atom. The van der Waals surface area contributed by atoms with Crippen LogP contribution < -0.4 is 11.1 Å². The molecule has 0 aromatic carbocycles. The number of β-lactam (4-membered cyclic amide) rings is 1. The highest BCUT2D eigenvalue weighted by molar-refractivity contribution is 14.1. The number of nitrogens with one attached hydrogen (secondary N) is 1. The van der Waals surface area contributed by atoms with Crippen molar-refractivity contribution in [3.63, 3.8) is 0 Å². The van der Waals surface area contributed by atoms with Gasteiger partial charge in [-0.25, -0.2) is 4.79 Å². The summed E-state index contributed by atoms with van der Waals surface area (Å²) in [6, 6.07) is -0.452. The number of rotatable bonds is 3. The van der Waals surface area contributed by atoms with Crippen molar-refractivity contribution in [1.82, 2.24) is 10.2 Å². The SMILES string of the molecule is CC1(C)S[C@@H]2C(N)C(=O)N2C1NC(=O)OCCI. The van der Waals surface area contributed by atoms with E-state index in [1.807, 2.05) is 13.8 Å². The molecule has 6 nitrogen and oxygen atoms in total. The Labute approximate surface area is 123 Å². The molecule has 0 bridgehead atoms. The number of amides is 2. The van der Waals surface area contributed by atoms with Gasteiger partial charge in [-0.05, 0) is 13.8 Å². The first-order valence-electron chi connectivity index (χ1n) is 5.63. The van der Waals surface area contributed by atoms with E-state index >= 15 is 0 Å². The van der Waals surface area contributed by atoms with Crippen molar-refractivity contribution >= 4 is 46.4 Å². The largest absolute Gasteiger partial charge is 0.449 e. The molecular formula is C10H16IN3O3S. The van der Waals surface area contributed by atoms with E-state index in [0.717, 1.165) is 4.43 Å². The van der Waals surface area contributed by atoms with E-state index in [9.17, 15) is 9.59 Å². The Kier molecular flexibility index (Phi) is 3.98. The number of fused-ring (bicyclic) bond motifs is 1. The van der Waals surface area contributed by atoms with Crippen LogP contribution in [0.25, 0.3) is 0 Å². The van der Waals surface area contributed by atoms with Gasteiger partial charge in [0.05, 0.1) is 4.75 Å². The minimum Gasteiger partial charge on any atom is -0.449 e. The molecule has 2 unspecified atom stereocenters. The van der Waals surface area contributed by atoms with Gasteiger partial charge in [0.25, 0.3) is 0 Å². The van der Waals surface area contributed by atoms with E-state index in [0.29, 0.717) is 6.61 Å². The molecule has 2 aliphatic heterocycles. The first-order chi connectivity index (χ1) is 8.38. The van der Waals surface area contributed by atoms with Crippen LogP contribution in [-0.2, 0) is 9.53 Å². The standard InChI is InChI=1S/C10H16IN3O3S/c1-10(2)8(13-9(16)17-4-3-11)14-6(15)5(12)7(14)18-10/h5,7-8H,3-4,12H2,1-2H3,(H,13,16)/t5?,7-,8?/m1/s1. The number of nitrogens with zero attached hydrogens (tertiary/aromatic N) is 1. The second-order valence-corrected chi connectivity index (χ2v) is 7.60. The molecule has 102 valence electrons. The summed E-state index contributed by atoms with van der Waals surface area (Å²) in [6.45, 7) is 4.34. The number of carbonyl (C=O) groups is 2. The van der Waals surface area contributed by atoms with E-state index in [-0.39, 0.29) is 22.2 Å². The number of alkyl halides is 1. The summed E-state index contributed by atoms with van der Waals surface area (Å²) in [5.74, 6) is -0.114. The Bertz CT molecular complexity index is 379.